The van der Waals surface area contributed by atoms with Gasteiger partial charge in [0, 0.05) is 6.54 Å². The molecule has 0 saturated heterocycles. The first kappa shape index (κ1) is 14.9. The Labute approximate surface area is 114 Å². The van der Waals surface area contributed by atoms with Crippen LogP contribution in [0.2, 0.25) is 0 Å². The quantitative estimate of drug-likeness (QED) is 0.768. The Morgan fingerprint density at radius 3 is 2.84 bits per heavy atom. The number of ether oxygens (including phenoxy) is 1. The highest BCUT2D eigenvalue weighted by Gasteiger charge is 2.07. The topological polar surface area (TPSA) is 50.4 Å². The van der Waals surface area contributed by atoms with Gasteiger partial charge >= 0.3 is 6.03 Å². The average Bonchev–Trinajstić information content (AvgIpc) is 2.45. The van der Waals surface area contributed by atoms with E-state index in [1.807, 2.05) is 31.2 Å². The van der Waals surface area contributed by atoms with E-state index in [-0.39, 0.29) is 12.1 Å². The van der Waals surface area contributed by atoms with Crippen molar-refractivity contribution in [1.82, 2.24) is 10.6 Å². The van der Waals surface area contributed by atoms with Crippen molar-refractivity contribution in [2.75, 3.05) is 13.7 Å². The van der Waals surface area contributed by atoms with Gasteiger partial charge in [-0.25, -0.2) is 4.79 Å². The minimum Gasteiger partial charge on any atom is -0.496 e. The molecular weight excluding hydrogens is 240 g/mol. The van der Waals surface area contributed by atoms with Crippen molar-refractivity contribution in [1.29, 1.82) is 0 Å². The third kappa shape index (κ3) is 4.92. The maximum atomic E-state index is 11.6. The number of para-hydroxylation sites is 1. The van der Waals surface area contributed by atoms with Gasteiger partial charge in [0.1, 0.15) is 5.75 Å². The number of hydrogen-bond donors (Lipinski definition) is 2. The van der Waals surface area contributed by atoms with Crippen LogP contribution in [0.15, 0.2) is 24.3 Å². The van der Waals surface area contributed by atoms with Crippen molar-refractivity contribution in [2.45, 2.75) is 25.8 Å². The number of urea groups is 1. The van der Waals surface area contributed by atoms with E-state index in [0.29, 0.717) is 13.0 Å². The maximum Gasteiger partial charge on any atom is 0.315 e. The van der Waals surface area contributed by atoms with Crippen LogP contribution in [0, 0.1) is 12.3 Å². The van der Waals surface area contributed by atoms with Crippen LogP contribution < -0.4 is 15.4 Å². The molecule has 4 nitrogen and oxygen atoms in total. The molecule has 1 aromatic rings. The molecule has 0 spiro atoms. The number of carbonyl (C=O) groups excluding carboxylic acids is 1. The monoisotopic (exact) mass is 260 g/mol. The molecule has 2 N–H and O–H groups in total. The highest BCUT2D eigenvalue weighted by Crippen LogP contribution is 2.17. The molecule has 0 bridgehead atoms. The number of terminal acetylenes is 1. The highest BCUT2D eigenvalue weighted by atomic mass is 16.5. The molecule has 0 unspecified atom stereocenters. The zero-order chi connectivity index (χ0) is 14.1. The van der Waals surface area contributed by atoms with E-state index < -0.39 is 0 Å². The summed E-state index contributed by atoms with van der Waals surface area (Å²) in [6.07, 6.45) is 6.71. The normalized spacial score (nSPS) is 11.2. The second kappa shape index (κ2) is 8.04. The summed E-state index contributed by atoms with van der Waals surface area (Å²) in [6, 6.07) is 7.30. The molecule has 0 aliphatic carbocycles. The fraction of sp³-hybridized carbons (Fsp3) is 0.400. The lowest BCUT2D eigenvalue weighted by atomic mass is 10.1. The van der Waals surface area contributed by atoms with E-state index in [1.54, 1.807) is 7.11 Å². The van der Waals surface area contributed by atoms with E-state index in [0.717, 1.165) is 17.7 Å². The molecule has 4 heteroatoms. The van der Waals surface area contributed by atoms with Crippen molar-refractivity contribution in [3.63, 3.8) is 0 Å². The van der Waals surface area contributed by atoms with Gasteiger partial charge in [0.25, 0.3) is 0 Å². The Hall–Kier alpha value is -2.15. The summed E-state index contributed by atoms with van der Waals surface area (Å²) in [7, 11) is 1.64. The molecule has 0 saturated carbocycles. The maximum absolute atomic E-state index is 11.6. The Morgan fingerprint density at radius 2 is 2.21 bits per heavy atom. The van der Waals surface area contributed by atoms with Crippen molar-refractivity contribution in [3.8, 4) is 18.1 Å². The summed E-state index contributed by atoms with van der Waals surface area (Å²) in [5.41, 5.74) is 1.06. The molecule has 102 valence electrons. The van der Waals surface area contributed by atoms with Gasteiger partial charge in [-0.15, -0.1) is 6.42 Å². The number of methoxy groups -OCH3 is 1. The smallest absolute Gasteiger partial charge is 0.315 e. The second-order valence-electron chi connectivity index (χ2n) is 4.09. The molecule has 0 radical (unpaired) electrons. The Morgan fingerprint density at radius 1 is 1.47 bits per heavy atom. The standard InChI is InChI=1S/C15H20N2O2/c1-4-13(5-2)17-15(18)16-11-10-12-8-6-7-9-14(12)19-3/h1,6-9,13H,5,10-11H2,2-3H3,(H2,16,17,18)/t13-/m1/s1. The van der Waals surface area contributed by atoms with Crippen LogP contribution in [-0.4, -0.2) is 25.7 Å². The fourth-order valence-electron chi connectivity index (χ4n) is 1.69. The number of hydrogen-bond acceptors (Lipinski definition) is 2. The summed E-state index contributed by atoms with van der Waals surface area (Å²) in [5.74, 6) is 3.35. The van der Waals surface area contributed by atoms with Crippen LogP contribution in [0.3, 0.4) is 0 Å². The van der Waals surface area contributed by atoms with Crippen LogP contribution in [0.5, 0.6) is 5.75 Å². The zero-order valence-electron chi connectivity index (χ0n) is 11.4. The third-order valence-corrected chi connectivity index (χ3v) is 2.79. The highest BCUT2D eigenvalue weighted by molar-refractivity contribution is 5.74. The van der Waals surface area contributed by atoms with E-state index in [9.17, 15) is 4.79 Å². The number of benzene rings is 1. The SMILES string of the molecule is C#C[C@H](CC)NC(=O)NCCc1ccccc1OC. The van der Waals surface area contributed by atoms with Gasteiger partial charge in [0.05, 0.1) is 13.2 Å². The molecular formula is C15H20N2O2. The van der Waals surface area contributed by atoms with E-state index >= 15 is 0 Å². The number of carbonyl (C=O) groups is 1. The Bertz CT molecular complexity index is 452. The molecule has 0 aliphatic rings. The van der Waals surface area contributed by atoms with Gasteiger partial charge in [-0.1, -0.05) is 31.0 Å². The first-order valence-corrected chi connectivity index (χ1v) is 6.33. The molecule has 0 aromatic heterocycles. The minimum atomic E-state index is -0.236. The van der Waals surface area contributed by atoms with Crippen molar-refractivity contribution in [2.24, 2.45) is 0 Å². The van der Waals surface area contributed by atoms with E-state index in [4.69, 9.17) is 11.2 Å². The molecule has 19 heavy (non-hydrogen) atoms. The van der Waals surface area contributed by atoms with Crippen molar-refractivity contribution < 1.29 is 9.53 Å². The number of amides is 2. The van der Waals surface area contributed by atoms with E-state index in [2.05, 4.69) is 16.6 Å². The van der Waals surface area contributed by atoms with Gasteiger partial charge in [-0.2, -0.15) is 0 Å². The zero-order valence-corrected chi connectivity index (χ0v) is 11.4. The largest absolute Gasteiger partial charge is 0.496 e. The summed E-state index contributed by atoms with van der Waals surface area (Å²) >= 11 is 0. The number of rotatable bonds is 6. The van der Waals surface area contributed by atoms with Gasteiger partial charge in [-0.05, 0) is 24.5 Å². The van der Waals surface area contributed by atoms with Crippen molar-refractivity contribution >= 4 is 6.03 Å². The molecule has 0 aliphatic heterocycles. The van der Waals surface area contributed by atoms with Crippen LogP contribution in [0.25, 0.3) is 0 Å². The average molecular weight is 260 g/mol. The second-order valence-corrected chi connectivity index (χ2v) is 4.09. The summed E-state index contributed by atoms with van der Waals surface area (Å²) in [4.78, 5) is 11.6. The van der Waals surface area contributed by atoms with Crippen LogP contribution in [0.1, 0.15) is 18.9 Å². The fourth-order valence-corrected chi connectivity index (χ4v) is 1.69. The molecule has 0 fully saturated rings. The van der Waals surface area contributed by atoms with E-state index in [1.165, 1.54) is 0 Å². The summed E-state index contributed by atoms with van der Waals surface area (Å²) in [5, 5.41) is 5.49. The Kier molecular flexibility index (Phi) is 6.31. The molecule has 0 heterocycles. The lowest BCUT2D eigenvalue weighted by molar-refractivity contribution is 0.239. The summed E-state index contributed by atoms with van der Waals surface area (Å²) < 4.78 is 5.25. The van der Waals surface area contributed by atoms with Crippen molar-refractivity contribution in [3.05, 3.63) is 29.8 Å². The summed E-state index contributed by atoms with van der Waals surface area (Å²) in [6.45, 7) is 2.47. The lowest BCUT2D eigenvalue weighted by Crippen LogP contribution is -2.41. The Balaban J connectivity index is 2.38. The molecule has 1 aromatic carbocycles. The lowest BCUT2D eigenvalue weighted by Gasteiger charge is -2.12. The van der Waals surface area contributed by atoms with Gasteiger partial charge in [0.15, 0.2) is 0 Å². The van der Waals surface area contributed by atoms with Crippen LogP contribution >= 0.6 is 0 Å². The minimum absolute atomic E-state index is 0.216. The third-order valence-electron chi connectivity index (χ3n) is 2.79. The van der Waals surface area contributed by atoms with Crippen LogP contribution in [0.4, 0.5) is 4.79 Å². The first-order valence-electron chi connectivity index (χ1n) is 6.33. The van der Waals surface area contributed by atoms with Gasteiger partial charge < -0.3 is 15.4 Å². The molecule has 2 amide bonds. The van der Waals surface area contributed by atoms with Gasteiger partial charge in [0.2, 0.25) is 0 Å². The first-order chi connectivity index (χ1) is 9.21. The predicted molar refractivity (Wildman–Crippen MR) is 76.1 cm³/mol. The molecule has 1 rings (SSSR count). The van der Waals surface area contributed by atoms with Gasteiger partial charge in [-0.3, -0.25) is 0 Å². The molecule has 1 atom stereocenters. The number of nitrogens with one attached hydrogen (secondary N) is 2. The predicted octanol–water partition coefficient (Wildman–Crippen LogP) is 1.95. The van der Waals surface area contributed by atoms with Crippen LogP contribution in [-0.2, 0) is 6.42 Å².